The number of nitrogens with zero attached hydrogens (tertiary/aromatic N) is 2. The molecular weight excluding hydrogens is 262 g/mol. The maximum Gasteiger partial charge on any atom is 0.331 e. The van der Waals surface area contributed by atoms with E-state index in [9.17, 15) is 14.7 Å². The smallest absolute Gasteiger partial charge is 0.331 e. The highest BCUT2D eigenvalue weighted by Gasteiger charge is 2.23. The zero-order chi connectivity index (χ0) is 15.0. The Balaban J connectivity index is 2.70. The summed E-state index contributed by atoms with van der Waals surface area (Å²) in [4.78, 5) is 25.8. The van der Waals surface area contributed by atoms with Gasteiger partial charge in [-0.2, -0.15) is 0 Å². The lowest BCUT2D eigenvalue weighted by molar-refractivity contribution is 0.375. The van der Waals surface area contributed by atoms with Crippen LogP contribution in [0.5, 0.6) is 5.88 Å². The van der Waals surface area contributed by atoms with Gasteiger partial charge in [0.05, 0.1) is 17.3 Å². The average molecular weight is 279 g/mol. The first kappa shape index (κ1) is 14.1. The number of H-pyrrole nitrogens is 1. The molecular formula is C13H17N3O4. The lowest BCUT2D eigenvalue weighted by Gasteiger charge is -2.17. The van der Waals surface area contributed by atoms with Crippen molar-refractivity contribution in [2.24, 2.45) is 0 Å². The molecule has 2 heterocycles. The highest BCUT2D eigenvalue weighted by molar-refractivity contribution is 5.30. The van der Waals surface area contributed by atoms with Gasteiger partial charge in [0.25, 0.3) is 5.56 Å². The van der Waals surface area contributed by atoms with Crippen molar-refractivity contribution in [3.8, 4) is 5.88 Å². The van der Waals surface area contributed by atoms with E-state index in [0.717, 1.165) is 10.1 Å². The van der Waals surface area contributed by atoms with Gasteiger partial charge in [-0.1, -0.05) is 12.1 Å². The molecule has 1 unspecified atom stereocenters. The highest BCUT2D eigenvalue weighted by Crippen LogP contribution is 2.27. The number of aromatic hydroxyl groups is 1. The Labute approximate surface area is 114 Å². The third kappa shape index (κ3) is 2.04. The molecule has 0 fully saturated rings. The molecule has 0 bridgehead atoms. The molecule has 0 amide bonds. The van der Waals surface area contributed by atoms with Gasteiger partial charge in [0.1, 0.15) is 5.76 Å². The van der Waals surface area contributed by atoms with Crippen LogP contribution in [0.25, 0.3) is 0 Å². The average Bonchev–Trinajstić information content (AvgIpc) is 2.68. The molecule has 2 aromatic heterocycles. The first-order valence-electron chi connectivity index (χ1n) is 6.37. The second-order valence-corrected chi connectivity index (χ2v) is 4.70. The topological polar surface area (TPSA) is 101 Å². The van der Waals surface area contributed by atoms with Crippen LogP contribution in [0.3, 0.4) is 0 Å². The first-order chi connectivity index (χ1) is 9.38. The van der Waals surface area contributed by atoms with E-state index in [1.54, 1.807) is 27.7 Å². The third-order valence-electron chi connectivity index (χ3n) is 3.46. The van der Waals surface area contributed by atoms with Gasteiger partial charge in [-0.3, -0.25) is 14.3 Å². The van der Waals surface area contributed by atoms with Gasteiger partial charge in [0, 0.05) is 5.56 Å². The lowest BCUT2D eigenvalue weighted by atomic mass is 10.1. The number of nitrogens with one attached hydrogen (secondary N) is 1. The van der Waals surface area contributed by atoms with Crippen molar-refractivity contribution in [2.45, 2.75) is 40.2 Å². The maximum absolute atomic E-state index is 12.0. The monoisotopic (exact) mass is 279 g/mol. The Kier molecular flexibility index (Phi) is 3.52. The van der Waals surface area contributed by atoms with Crippen LogP contribution in [0.15, 0.2) is 14.1 Å². The molecule has 0 spiro atoms. The molecule has 0 saturated heterocycles. The summed E-state index contributed by atoms with van der Waals surface area (Å²) in [6, 6.07) is -0.490. The van der Waals surface area contributed by atoms with Crippen molar-refractivity contribution in [3.05, 3.63) is 43.4 Å². The molecule has 0 aliphatic heterocycles. The minimum absolute atomic E-state index is 0.184. The number of hydrogen-bond acceptors (Lipinski definition) is 5. The van der Waals surface area contributed by atoms with Gasteiger partial charge in [-0.05, 0) is 27.2 Å². The molecule has 108 valence electrons. The SMILES string of the molecule is CCc1c(O)n(C(C)c2c(C)noc2C)c(=O)[nH]c1=O. The standard InChI is InChI=1S/C13H17N3O4/c1-5-9-11(17)14-13(19)16(12(9)18)7(3)10-6(2)15-20-8(10)4/h7,18H,5H2,1-4H3,(H,14,17,19). The van der Waals surface area contributed by atoms with E-state index < -0.39 is 17.3 Å². The minimum Gasteiger partial charge on any atom is -0.494 e. The van der Waals surface area contributed by atoms with E-state index in [2.05, 4.69) is 10.1 Å². The van der Waals surface area contributed by atoms with Crippen LogP contribution in [-0.2, 0) is 6.42 Å². The van der Waals surface area contributed by atoms with Crippen molar-refractivity contribution in [1.82, 2.24) is 14.7 Å². The van der Waals surface area contributed by atoms with E-state index >= 15 is 0 Å². The van der Waals surface area contributed by atoms with Crippen LogP contribution < -0.4 is 11.2 Å². The van der Waals surface area contributed by atoms with Crippen molar-refractivity contribution in [1.29, 1.82) is 0 Å². The molecule has 1 atom stereocenters. The zero-order valence-electron chi connectivity index (χ0n) is 11.9. The predicted octanol–water partition coefficient (Wildman–Crippen LogP) is 1.02. The predicted molar refractivity (Wildman–Crippen MR) is 72.2 cm³/mol. The van der Waals surface area contributed by atoms with Crippen molar-refractivity contribution < 1.29 is 9.63 Å². The molecule has 0 aliphatic rings. The van der Waals surface area contributed by atoms with Gasteiger partial charge in [0.15, 0.2) is 0 Å². The van der Waals surface area contributed by atoms with Gasteiger partial charge in [0.2, 0.25) is 5.88 Å². The molecule has 2 aromatic rings. The second kappa shape index (κ2) is 4.99. The van der Waals surface area contributed by atoms with Crippen LogP contribution >= 0.6 is 0 Å². The molecule has 0 aromatic carbocycles. The molecule has 7 heteroatoms. The van der Waals surface area contributed by atoms with Gasteiger partial charge in [-0.15, -0.1) is 0 Å². The second-order valence-electron chi connectivity index (χ2n) is 4.70. The van der Waals surface area contributed by atoms with E-state index in [1.807, 2.05) is 0 Å². The van der Waals surface area contributed by atoms with Gasteiger partial charge >= 0.3 is 5.69 Å². The fourth-order valence-electron chi connectivity index (χ4n) is 2.47. The van der Waals surface area contributed by atoms with Crippen molar-refractivity contribution in [2.75, 3.05) is 0 Å². The van der Waals surface area contributed by atoms with Crippen LogP contribution in [0, 0.1) is 13.8 Å². The van der Waals surface area contributed by atoms with Crippen LogP contribution in [0.4, 0.5) is 0 Å². The van der Waals surface area contributed by atoms with E-state index in [1.165, 1.54) is 0 Å². The summed E-state index contributed by atoms with van der Waals surface area (Å²) >= 11 is 0. The summed E-state index contributed by atoms with van der Waals surface area (Å²) in [6.07, 6.45) is 0.329. The third-order valence-corrected chi connectivity index (χ3v) is 3.46. The first-order valence-corrected chi connectivity index (χ1v) is 6.37. The van der Waals surface area contributed by atoms with Gasteiger partial charge < -0.3 is 9.63 Å². The lowest BCUT2D eigenvalue weighted by Crippen LogP contribution is -2.34. The van der Waals surface area contributed by atoms with Crippen LogP contribution in [0.1, 0.15) is 42.5 Å². The van der Waals surface area contributed by atoms with Crippen LogP contribution in [-0.4, -0.2) is 19.8 Å². The number of aromatic amines is 1. The fraction of sp³-hybridized carbons (Fsp3) is 0.462. The summed E-state index contributed by atoms with van der Waals surface area (Å²) in [6.45, 7) is 6.97. The normalized spacial score (nSPS) is 12.6. The summed E-state index contributed by atoms with van der Waals surface area (Å²) < 4.78 is 6.22. The molecule has 2 rings (SSSR count). The van der Waals surface area contributed by atoms with E-state index in [0.29, 0.717) is 17.9 Å². The van der Waals surface area contributed by atoms with Crippen molar-refractivity contribution in [3.63, 3.8) is 0 Å². The summed E-state index contributed by atoms with van der Waals surface area (Å²) in [7, 11) is 0. The number of hydrogen-bond donors (Lipinski definition) is 2. The Bertz CT molecular complexity index is 734. The quantitative estimate of drug-likeness (QED) is 0.873. The summed E-state index contributed by atoms with van der Waals surface area (Å²) in [5, 5.41) is 14.0. The number of aromatic nitrogens is 3. The Morgan fingerprint density at radius 3 is 2.55 bits per heavy atom. The van der Waals surface area contributed by atoms with Crippen molar-refractivity contribution >= 4 is 0 Å². The van der Waals surface area contributed by atoms with E-state index in [-0.39, 0.29) is 11.4 Å². The van der Waals surface area contributed by atoms with Gasteiger partial charge in [-0.25, -0.2) is 4.79 Å². The maximum atomic E-state index is 12.0. The zero-order valence-corrected chi connectivity index (χ0v) is 11.9. The highest BCUT2D eigenvalue weighted by atomic mass is 16.5. The largest absolute Gasteiger partial charge is 0.494 e. The molecule has 0 aliphatic carbocycles. The summed E-state index contributed by atoms with van der Waals surface area (Å²) in [5.41, 5.74) is 0.333. The molecule has 7 nitrogen and oxygen atoms in total. The molecule has 20 heavy (non-hydrogen) atoms. The van der Waals surface area contributed by atoms with E-state index in [4.69, 9.17) is 4.52 Å². The molecule has 0 saturated carbocycles. The Morgan fingerprint density at radius 1 is 1.40 bits per heavy atom. The number of rotatable bonds is 3. The minimum atomic E-state index is -0.655. The Hall–Kier alpha value is -2.31. The Morgan fingerprint density at radius 2 is 2.05 bits per heavy atom. The van der Waals surface area contributed by atoms with Crippen LogP contribution in [0.2, 0.25) is 0 Å². The molecule has 2 N–H and O–H groups in total. The summed E-state index contributed by atoms with van der Waals surface area (Å²) in [5.74, 6) is 0.263. The molecule has 0 radical (unpaired) electrons. The fourth-order valence-corrected chi connectivity index (χ4v) is 2.47. The number of aryl methyl sites for hydroxylation is 2.